The van der Waals surface area contributed by atoms with Gasteiger partial charge in [0.25, 0.3) is 0 Å². The van der Waals surface area contributed by atoms with Gasteiger partial charge in [-0.25, -0.2) is 0 Å². The summed E-state index contributed by atoms with van der Waals surface area (Å²) in [5.74, 6) is 0. The Balaban J connectivity index is 2.63. The largest absolute Gasteiger partial charge is 0.388 e. The van der Waals surface area contributed by atoms with Crippen LogP contribution in [0.4, 0.5) is 0 Å². The highest BCUT2D eigenvalue weighted by Gasteiger charge is 2.42. The zero-order chi connectivity index (χ0) is 9.30. The number of halogens is 1. The third-order valence-corrected chi connectivity index (χ3v) is 2.71. The van der Waals surface area contributed by atoms with Crippen LogP contribution in [0.1, 0.15) is 0 Å². The lowest BCUT2D eigenvalue weighted by Crippen LogP contribution is -2.57. The van der Waals surface area contributed by atoms with Crippen LogP contribution < -0.4 is 0 Å². The summed E-state index contributed by atoms with van der Waals surface area (Å²) in [6, 6.07) is 0. The summed E-state index contributed by atoms with van der Waals surface area (Å²) in [4.78, 5) is 0. The highest BCUT2D eigenvalue weighted by Crippen LogP contribution is 2.20. The quantitative estimate of drug-likeness (QED) is 0.339. The molecule has 1 aliphatic heterocycles. The number of aliphatic hydroxyl groups is 4. The zero-order valence-corrected chi connectivity index (χ0v) is 8.33. The predicted octanol–water partition coefficient (Wildman–Crippen LogP) is -1.78. The van der Waals surface area contributed by atoms with Crippen LogP contribution in [0.2, 0.25) is 0 Å². The van der Waals surface area contributed by atoms with E-state index in [1.54, 1.807) is 0 Å². The van der Waals surface area contributed by atoms with Crippen LogP contribution >= 0.6 is 22.6 Å². The van der Waals surface area contributed by atoms with Gasteiger partial charge in [-0.05, 0) is 0 Å². The lowest BCUT2D eigenvalue weighted by molar-refractivity contribution is -0.275. The molecule has 1 unspecified atom stereocenters. The molecule has 5 atom stereocenters. The topological polar surface area (TPSA) is 90.2 Å². The first-order chi connectivity index (χ1) is 5.57. The molecular weight excluding hydrogens is 279 g/mol. The number of hydrogen-bond donors (Lipinski definition) is 4. The summed E-state index contributed by atoms with van der Waals surface area (Å²) in [7, 11) is 0. The van der Waals surface area contributed by atoms with Crippen LogP contribution in [0.15, 0.2) is 0 Å². The molecule has 0 bridgehead atoms. The highest BCUT2D eigenvalue weighted by atomic mass is 127. The first-order valence-corrected chi connectivity index (χ1v) is 5.04. The SMILES string of the molecule is OC1O[C@@H](CI)[C@@H](O)[C@@H](O)[C@@H]1O. The molecule has 12 heavy (non-hydrogen) atoms. The molecule has 0 amide bonds. The van der Waals surface area contributed by atoms with Crippen molar-refractivity contribution in [1.29, 1.82) is 0 Å². The van der Waals surface area contributed by atoms with Gasteiger partial charge >= 0.3 is 0 Å². The van der Waals surface area contributed by atoms with Gasteiger partial charge in [-0.3, -0.25) is 0 Å². The molecule has 6 heteroatoms. The second-order valence-corrected chi connectivity index (χ2v) is 3.57. The van der Waals surface area contributed by atoms with Gasteiger partial charge in [-0.15, -0.1) is 0 Å². The molecule has 1 fully saturated rings. The first-order valence-electron chi connectivity index (χ1n) is 3.51. The van der Waals surface area contributed by atoms with Crippen molar-refractivity contribution < 1.29 is 25.2 Å². The van der Waals surface area contributed by atoms with Gasteiger partial charge in [0.15, 0.2) is 6.29 Å². The van der Waals surface area contributed by atoms with E-state index in [2.05, 4.69) is 0 Å². The molecule has 0 aromatic carbocycles. The molecule has 0 aliphatic carbocycles. The lowest BCUT2D eigenvalue weighted by Gasteiger charge is -2.37. The molecule has 4 N–H and O–H groups in total. The first kappa shape index (κ1) is 10.6. The second-order valence-electron chi connectivity index (χ2n) is 2.69. The Hall–Kier alpha value is 0.530. The predicted molar refractivity (Wildman–Crippen MR) is 47.8 cm³/mol. The molecule has 0 aromatic heterocycles. The Bertz CT molecular complexity index is 150. The fourth-order valence-electron chi connectivity index (χ4n) is 1.06. The number of rotatable bonds is 1. The number of ether oxygens (including phenoxy) is 1. The molecular formula is C6H11IO5. The van der Waals surface area contributed by atoms with Gasteiger partial charge < -0.3 is 25.2 Å². The maximum Gasteiger partial charge on any atom is 0.183 e. The summed E-state index contributed by atoms with van der Waals surface area (Å²) >= 11 is 1.96. The molecule has 1 rings (SSSR count). The van der Waals surface area contributed by atoms with Crippen molar-refractivity contribution in [3.05, 3.63) is 0 Å². The van der Waals surface area contributed by atoms with Crippen molar-refractivity contribution >= 4 is 22.6 Å². The van der Waals surface area contributed by atoms with Gasteiger partial charge in [-0.1, -0.05) is 22.6 Å². The van der Waals surface area contributed by atoms with E-state index < -0.39 is 30.7 Å². The molecule has 0 aromatic rings. The maximum absolute atomic E-state index is 9.27. The average molecular weight is 290 g/mol. The minimum atomic E-state index is -1.43. The highest BCUT2D eigenvalue weighted by molar-refractivity contribution is 14.1. The Labute approximate surface area is 83.1 Å². The Morgan fingerprint density at radius 3 is 2.08 bits per heavy atom. The third-order valence-electron chi connectivity index (χ3n) is 1.84. The van der Waals surface area contributed by atoms with Crippen molar-refractivity contribution in [2.75, 3.05) is 4.43 Å². The van der Waals surface area contributed by atoms with E-state index in [1.165, 1.54) is 0 Å². The van der Waals surface area contributed by atoms with Crippen LogP contribution in [0.3, 0.4) is 0 Å². The molecule has 1 saturated heterocycles. The summed E-state index contributed by atoms with van der Waals surface area (Å²) in [6.07, 6.45) is -5.95. The van der Waals surface area contributed by atoms with Gasteiger partial charge in [0.1, 0.15) is 18.3 Å². The van der Waals surface area contributed by atoms with Crippen LogP contribution in [-0.4, -0.2) is 55.6 Å². The van der Waals surface area contributed by atoms with Crippen LogP contribution in [0.25, 0.3) is 0 Å². The summed E-state index contributed by atoms with van der Waals surface area (Å²) in [5, 5.41) is 36.5. The van der Waals surface area contributed by atoms with E-state index in [4.69, 9.17) is 14.9 Å². The molecule has 0 radical (unpaired) electrons. The van der Waals surface area contributed by atoms with Crippen LogP contribution in [-0.2, 0) is 4.74 Å². The molecule has 0 saturated carbocycles. The van der Waals surface area contributed by atoms with E-state index in [0.29, 0.717) is 4.43 Å². The molecule has 0 spiro atoms. The van der Waals surface area contributed by atoms with E-state index in [1.807, 2.05) is 22.6 Å². The maximum atomic E-state index is 9.27. The fourth-order valence-corrected chi connectivity index (χ4v) is 1.79. The molecule has 1 aliphatic rings. The van der Waals surface area contributed by atoms with Crippen molar-refractivity contribution in [2.45, 2.75) is 30.7 Å². The summed E-state index contributed by atoms with van der Waals surface area (Å²) in [6.45, 7) is 0. The number of hydrogen-bond acceptors (Lipinski definition) is 5. The Morgan fingerprint density at radius 2 is 1.58 bits per heavy atom. The van der Waals surface area contributed by atoms with Gasteiger partial charge in [0.2, 0.25) is 0 Å². The minimum Gasteiger partial charge on any atom is -0.388 e. The summed E-state index contributed by atoms with van der Waals surface area (Å²) in [5.41, 5.74) is 0. The standard InChI is InChI=1S/C6H11IO5/c7-1-2-3(8)4(9)5(10)6(11)12-2/h2-6,8-11H,1H2/t2-,3+,4+,5-,6?/m0/s1. The monoisotopic (exact) mass is 290 g/mol. The van der Waals surface area contributed by atoms with Gasteiger partial charge in [0, 0.05) is 4.43 Å². The fraction of sp³-hybridized carbons (Fsp3) is 1.00. The van der Waals surface area contributed by atoms with Gasteiger partial charge in [0.05, 0.1) is 6.10 Å². The van der Waals surface area contributed by atoms with E-state index in [9.17, 15) is 10.2 Å². The number of alkyl halides is 1. The number of aliphatic hydroxyl groups excluding tert-OH is 4. The lowest BCUT2D eigenvalue weighted by atomic mass is 10.0. The minimum absolute atomic E-state index is 0.444. The van der Waals surface area contributed by atoms with E-state index in [0.717, 1.165) is 0 Å². The Morgan fingerprint density at radius 1 is 1.00 bits per heavy atom. The normalized spacial score (nSPS) is 49.2. The second kappa shape index (κ2) is 4.16. The Kier molecular flexibility index (Phi) is 3.68. The summed E-state index contributed by atoms with van der Waals surface area (Å²) < 4.78 is 5.26. The molecule has 1 heterocycles. The van der Waals surface area contributed by atoms with Gasteiger partial charge in [-0.2, -0.15) is 0 Å². The van der Waals surface area contributed by atoms with Crippen molar-refractivity contribution in [1.82, 2.24) is 0 Å². The zero-order valence-electron chi connectivity index (χ0n) is 6.17. The molecule has 72 valence electrons. The van der Waals surface area contributed by atoms with Crippen LogP contribution in [0, 0.1) is 0 Å². The molecule has 5 nitrogen and oxygen atoms in total. The van der Waals surface area contributed by atoms with Crippen molar-refractivity contribution in [3.63, 3.8) is 0 Å². The smallest absolute Gasteiger partial charge is 0.183 e. The van der Waals surface area contributed by atoms with Crippen molar-refractivity contribution in [3.8, 4) is 0 Å². The van der Waals surface area contributed by atoms with Crippen molar-refractivity contribution in [2.24, 2.45) is 0 Å². The van der Waals surface area contributed by atoms with E-state index in [-0.39, 0.29) is 0 Å². The average Bonchev–Trinajstić information content (AvgIpc) is 2.08. The van der Waals surface area contributed by atoms with E-state index >= 15 is 0 Å². The van der Waals surface area contributed by atoms with Crippen LogP contribution in [0.5, 0.6) is 0 Å². The third kappa shape index (κ3) is 1.88.